The van der Waals surface area contributed by atoms with Gasteiger partial charge in [0.25, 0.3) is 0 Å². The smallest absolute Gasteiger partial charge is 0.397 e. The molecule has 0 unspecified atom stereocenters. The first-order chi connectivity index (χ1) is 12.0. The Morgan fingerprint density at radius 2 is 2.12 bits per heavy atom. The molecule has 1 aliphatic rings. The molecule has 3 rings (SSSR count). The molecule has 0 radical (unpaired) electrons. The van der Waals surface area contributed by atoms with Crippen LogP contribution in [0.15, 0.2) is 27.7 Å². The van der Waals surface area contributed by atoms with Gasteiger partial charge < -0.3 is 14.1 Å². The summed E-state index contributed by atoms with van der Waals surface area (Å²) < 4.78 is 10.5. The fourth-order valence-electron chi connectivity index (χ4n) is 2.38. The second kappa shape index (κ2) is 7.26. The van der Waals surface area contributed by atoms with Crippen molar-refractivity contribution < 1.29 is 14.1 Å². The summed E-state index contributed by atoms with van der Waals surface area (Å²) in [7, 11) is 0. The van der Waals surface area contributed by atoms with Crippen molar-refractivity contribution in [3.63, 3.8) is 0 Å². The zero-order valence-corrected chi connectivity index (χ0v) is 13.9. The van der Waals surface area contributed by atoms with E-state index in [1.165, 1.54) is 12.1 Å². The summed E-state index contributed by atoms with van der Waals surface area (Å²) in [4.78, 5) is 20.8. The molecule has 0 saturated carbocycles. The highest BCUT2D eigenvalue weighted by Crippen LogP contribution is 2.24. The second-order valence-electron chi connectivity index (χ2n) is 5.48. The van der Waals surface area contributed by atoms with E-state index in [0.29, 0.717) is 24.7 Å². The van der Waals surface area contributed by atoms with Crippen LogP contribution in [0, 0.1) is 17.0 Å². The zero-order valence-electron chi connectivity index (χ0n) is 13.9. The van der Waals surface area contributed by atoms with Crippen LogP contribution in [0.2, 0.25) is 0 Å². The lowest BCUT2D eigenvalue weighted by molar-refractivity contribution is -0.401. The first-order valence-corrected chi connectivity index (χ1v) is 7.76. The van der Waals surface area contributed by atoms with Crippen LogP contribution in [-0.4, -0.2) is 51.9 Å². The molecule has 0 amide bonds. The number of hydrogen-bond acceptors (Lipinski definition) is 8. The number of furan rings is 1. The number of anilines is 1. The van der Waals surface area contributed by atoms with Crippen molar-refractivity contribution in [2.45, 2.75) is 13.8 Å². The molecule has 2 aromatic rings. The topological polar surface area (TPSA) is 119 Å². The molecule has 3 heterocycles. The third kappa shape index (κ3) is 4.10. The molecule has 25 heavy (non-hydrogen) atoms. The summed E-state index contributed by atoms with van der Waals surface area (Å²) in [5, 5.41) is 15.1. The highest BCUT2D eigenvalue weighted by Gasteiger charge is 2.16. The van der Waals surface area contributed by atoms with Gasteiger partial charge in [0.2, 0.25) is 0 Å². The number of rotatable bonds is 4. The van der Waals surface area contributed by atoms with E-state index in [-0.39, 0.29) is 17.5 Å². The number of hydrazone groups is 1. The van der Waals surface area contributed by atoms with E-state index >= 15 is 0 Å². The number of nitrogens with one attached hydrogen (secondary N) is 1. The van der Waals surface area contributed by atoms with Gasteiger partial charge in [0.1, 0.15) is 10.8 Å². The Bertz CT molecular complexity index is 797. The SMILES string of the molecule is C/C(=N/Nc1cc(C)nc(-c2ccc([N+](=O)[O-])o2)n1)N1CCOCC1. The monoisotopic (exact) mass is 346 g/mol. The Kier molecular flexibility index (Phi) is 4.89. The van der Waals surface area contributed by atoms with Gasteiger partial charge in [0, 0.05) is 24.8 Å². The Labute approximate surface area is 143 Å². The predicted molar refractivity (Wildman–Crippen MR) is 90.2 cm³/mol. The second-order valence-corrected chi connectivity index (χ2v) is 5.48. The highest BCUT2D eigenvalue weighted by atomic mass is 16.6. The van der Waals surface area contributed by atoms with Crippen molar-refractivity contribution in [3.05, 3.63) is 34.0 Å². The molecule has 10 heteroatoms. The van der Waals surface area contributed by atoms with Gasteiger partial charge >= 0.3 is 5.88 Å². The average molecular weight is 346 g/mol. The van der Waals surface area contributed by atoms with Crippen LogP contribution in [0.4, 0.5) is 11.7 Å². The van der Waals surface area contributed by atoms with E-state index in [9.17, 15) is 10.1 Å². The van der Waals surface area contributed by atoms with Gasteiger partial charge in [0.15, 0.2) is 17.4 Å². The van der Waals surface area contributed by atoms with Crippen molar-refractivity contribution in [1.29, 1.82) is 0 Å². The largest absolute Gasteiger partial charge is 0.433 e. The molecule has 1 N–H and O–H groups in total. The van der Waals surface area contributed by atoms with Crippen molar-refractivity contribution >= 4 is 17.5 Å². The first-order valence-electron chi connectivity index (χ1n) is 7.76. The maximum Gasteiger partial charge on any atom is 0.433 e. The lowest BCUT2D eigenvalue weighted by Gasteiger charge is -2.28. The Hall–Kier alpha value is -3.01. The minimum absolute atomic E-state index is 0.229. The number of morpholine rings is 1. The summed E-state index contributed by atoms with van der Waals surface area (Å²) in [5.41, 5.74) is 3.59. The Morgan fingerprint density at radius 1 is 1.36 bits per heavy atom. The summed E-state index contributed by atoms with van der Waals surface area (Å²) >= 11 is 0. The Morgan fingerprint density at radius 3 is 2.80 bits per heavy atom. The number of aromatic nitrogens is 2. The number of amidine groups is 1. The summed E-state index contributed by atoms with van der Waals surface area (Å²) in [5.74, 6) is 1.45. The maximum absolute atomic E-state index is 10.7. The maximum atomic E-state index is 10.7. The predicted octanol–water partition coefficient (Wildman–Crippen LogP) is 2.03. The van der Waals surface area contributed by atoms with Crippen molar-refractivity contribution in [3.8, 4) is 11.6 Å². The number of nitrogens with zero attached hydrogens (tertiary/aromatic N) is 5. The van der Waals surface area contributed by atoms with Crippen molar-refractivity contribution in [1.82, 2.24) is 14.9 Å². The molecule has 0 atom stereocenters. The molecular weight excluding hydrogens is 328 g/mol. The summed E-state index contributed by atoms with van der Waals surface area (Å²) in [6.45, 7) is 6.65. The Balaban J connectivity index is 1.77. The first kappa shape index (κ1) is 16.8. The van der Waals surface area contributed by atoms with E-state index < -0.39 is 4.92 Å². The molecule has 1 fully saturated rings. The van der Waals surface area contributed by atoms with Crippen molar-refractivity contribution in [2.75, 3.05) is 31.7 Å². The molecule has 1 aliphatic heterocycles. The van der Waals surface area contributed by atoms with Gasteiger partial charge in [0.05, 0.1) is 19.3 Å². The molecule has 2 aromatic heterocycles. The van der Waals surface area contributed by atoms with Gasteiger partial charge in [-0.15, -0.1) is 0 Å². The minimum Gasteiger partial charge on any atom is -0.397 e. The van der Waals surface area contributed by atoms with E-state index in [0.717, 1.165) is 18.9 Å². The number of hydrogen-bond donors (Lipinski definition) is 1. The van der Waals surface area contributed by atoms with Crippen LogP contribution in [0.5, 0.6) is 0 Å². The van der Waals surface area contributed by atoms with Gasteiger partial charge in [-0.25, -0.2) is 9.97 Å². The quantitative estimate of drug-likeness (QED) is 0.386. The van der Waals surface area contributed by atoms with Crippen LogP contribution >= 0.6 is 0 Å². The standard InChI is InChI=1S/C15H18N6O4/c1-10-9-13(19-18-11(2)20-5-7-24-8-6-20)17-15(16-10)12-3-4-14(25-12)21(22)23/h3-4,9H,5-8H2,1-2H3,(H,16,17,19)/b18-11-. The summed E-state index contributed by atoms with van der Waals surface area (Å²) in [6.07, 6.45) is 0. The molecule has 0 aliphatic carbocycles. The minimum atomic E-state index is -0.603. The van der Waals surface area contributed by atoms with Crippen LogP contribution in [0.1, 0.15) is 12.6 Å². The third-order valence-electron chi connectivity index (χ3n) is 3.65. The third-order valence-corrected chi connectivity index (χ3v) is 3.65. The van der Waals surface area contributed by atoms with Crippen LogP contribution in [0.3, 0.4) is 0 Å². The van der Waals surface area contributed by atoms with Crippen LogP contribution < -0.4 is 5.43 Å². The fraction of sp³-hybridized carbons (Fsp3) is 0.400. The number of aryl methyl sites for hydroxylation is 1. The molecule has 0 spiro atoms. The van der Waals surface area contributed by atoms with Crippen LogP contribution in [0.25, 0.3) is 11.6 Å². The van der Waals surface area contributed by atoms with Gasteiger partial charge in [-0.1, -0.05) is 0 Å². The lowest BCUT2D eigenvalue weighted by atomic mass is 10.3. The fourth-order valence-corrected chi connectivity index (χ4v) is 2.38. The van der Waals surface area contributed by atoms with Gasteiger partial charge in [-0.05, 0) is 19.9 Å². The van der Waals surface area contributed by atoms with Gasteiger partial charge in [-0.3, -0.25) is 15.5 Å². The van der Waals surface area contributed by atoms with E-state index in [2.05, 4.69) is 25.4 Å². The molecule has 1 saturated heterocycles. The highest BCUT2D eigenvalue weighted by molar-refractivity contribution is 5.80. The van der Waals surface area contributed by atoms with Gasteiger partial charge in [-0.2, -0.15) is 5.10 Å². The molecular formula is C15H18N6O4. The zero-order chi connectivity index (χ0) is 17.8. The van der Waals surface area contributed by atoms with Crippen LogP contribution in [-0.2, 0) is 4.74 Å². The molecule has 0 bridgehead atoms. The number of nitro groups is 1. The molecule has 0 aromatic carbocycles. The number of ether oxygens (including phenoxy) is 1. The average Bonchev–Trinajstić information content (AvgIpc) is 3.10. The van der Waals surface area contributed by atoms with E-state index in [1.807, 2.05) is 6.92 Å². The molecule has 132 valence electrons. The van der Waals surface area contributed by atoms with E-state index in [4.69, 9.17) is 9.15 Å². The van der Waals surface area contributed by atoms with Crippen molar-refractivity contribution in [2.24, 2.45) is 5.10 Å². The van der Waals surface area contributed by atoms with E-state index in [1.54, 1.807) is 13.0 Å². The lowest BCUT2D eigenvalue weighted by Crippen LogP contribution is -2.39. The summed E-state index contributed by atoms with van der Waals surface area (Å²) in [6, 6.07) is 4.48. The molecule has 10 nitrogen and oxygen atoms in total. The normalized spacial score (nSPS) is 15.3.